The van der Waals surface area contributed by atoms with Gasteiger partial charge in [-0.1, -0.05) is 6.42 Å². The predicted molar refractivity (Wildman–Crippen MR) is 73.5 cm³/mol. The molecule has 102 valence electrons. The zero-order valence-corrected chi connectivity index (χ0v) is 12.4. The van der Waals surface area contributed by atoms with Crippen molar-refractivity contribution in [3.05, 3.63) is 0 Å². The molecule has 0 N–H and O–H groups in total. The number of rotatable bonds is 6. The molecule has 17 heavy (non-hydrogen) atoms. The molecular formula is C12H24ClNO2S. The molecule has 0 amide bonds. The van der Waals surface area contributed by atoms with Crippen molar-refractivity contribution in [2.45, 2.75) is 50.8 Å². The van der Waals surface area contributed by atoms with Crippen molar-refractivity contribution in [3.8, 4) is 0 Å². The molecule has 0 aliphatic carbocycles. The third-order valence-corrected chi connectivity index (χ3v) is 5.98. The third-order valence-electron chi connectivity index (χ3n) is 3.57. The summed E-state index contributed by atoms with van der Waals surface area (Å²) in [5, 5.41) is -0.265. The Morgan fingerprint density at radius 1 is 1.35 bits per heavy atom. The van der Waals surface area contributed by atoms with Gasteiger partial charge in [-0.05, 0) is 39.7 Å². The summed E-state index contributed by atoms with van der Waals surface area (Å²) in [5.41, 5.74) is 0. The van der Waals surface area contributed by atoms with Gasteiger partial charge in [0.25, 0.3) is 0 Å². The second-order valence-electron chi connectivity index (χ2n) is 5.08. The molecule has 1 fully saturated rings. The van der Waals surface area contributed by atoms with Crippen LogP contribution in [0.2, 0.25) is 0 Å². The molecule has 1 rings (SSSR count). The molecule has 1 saturated heterocycles. The van der Waals surface area contributed by atoms with Crippen LogP contribution in [0.4, 0.5) is 0 Å². The van der Waals surface area contributed by atoms with E-state index < -0.39 is 9.84 Å². The standard InChI is InChI=1S/C12H24ClNO2S/c1-11(2)17(15,16)10-9-14-8-4-3-5-12(14)6-7-13/h11-12H,3-10H2,1-2H3. The first-order valence-corrected chi connectivity index (χ1v) is 8.74. The maximum Gasteiger partial charge on any atom is 0.153 e. The minimum absolute atomic E-state index is 0.265. The second-order valence-corrected chi connectivity index (χ2v) is 8.13. The van der Waals surface area contributed by atoms with Crippen LogP contribution < -0.4 is 0 Å². The van der Waals surface area contributed by atoms with Gasteiger partial charge in [-0.25, -0.2) is 8.42 Å². The molecule has 0 aromatic carbocycles. The van der Waals surface area contributed by atoms with E-state index in [9.17, 15) is 8.42 Å². The van der Waals surface area contributed by atoms with Gasteiger partial charge in [0.05, 0.1) is 11.0 Å². The number of hydrogen-bond acceptors (Lipinski definition) is 3. The molecular weight excluding hydrogens is 258 g/mol. The first-order chi connectivity index (χ1) is 7.97. The number of halogens is 1. The van der Waals surface area contributed by atoms with Gasteiger partial charge >= 0.3 is 0 Å². The van der Waals surface area contributed by atoms with Crippen molar-refractivity contribution in [3.63, 3.8) is 0 Å². The van der Waals surface area contributed by atoms with Gasteiger partial charge in [-0.2, -0.15) is 0 Å². The Hall–Kier alpha value is 0.200. The van der Waals surface area contributed by atoms with E-state index in [2.05, 4.69) is 4.90 Å². The summed E-state index contributed by atoms with van der Waals surface area (Å²) < 4.78 is 23.6. The van der Waals surface area contributed by atoms with E-state index in [1.54, 1.807) is 13.8 Å². The van der Waals surface area contributed by atoms with Crippen molar-refractivity contribution in [1.29, 1.82) is 0 Å². The zero-order valence-electron chi connectivity index (χ0n) is 10.9. The smallest absolute Gasteiger partial charge is 0.153 e. The summed E-state index contributed by atoms with van der Waals surface area (Å²) >= 11 is 5.80. The number of nitrogens with zero attached hydrogens (tertiary/aromatic N) is 1. The number of alkyl halides is 1. The summed E-state index contributed by atoms with van der Waals surface area (Å²) in [7, 11) is -2.91. The van der Waals surface area contributed by atoms with E-state index in [1.165, 1.54) is 12.8 Å². The van der Waals surface area contributed by atoms with Gasteiger partial charge in [0.2, 0.25) is 0 Å². The van der Waals surface area contributed by atoms with Crippen molar-refractivity contribution >= 4 is 21.4 Å². The molecule has 1 unspecified atom stereocenters. The lowest BCUT2D eigenvalue weighted by molar-refractivity contribution is 0.153. The van der Waals surface area contributed by atoms with Crippen molar-refractivity contribution < 1.29 is 8.42 Å². The highest BCUT2D eigenvalue weighted by Gasteiger charge is 2.24. The summed E-state index contributed by atoms with van der Waals surface area (Å²) in [6.45, 7) is 5.20. The lowest BCUT2D eigenvalue weighted by Gasteiger charge is -2.35. The van der Waals surface area contributed by atoms with Crippen molar-refractivity contribution in [2.24, 2.45) is 0 Å². The van der Waals surface area contributed by atoms with Gasteiger partial charge in [0.15, 0.2) is 9.84 Å². The van der Waals surface area contributed by atoms with Gasteiger partial charge in [0, 0.05) is 18.5 Å². The number of hydrogen-bond donors (Lipinski definition) is 0. The van der Waals surface area contributed by atoms with Crippen LogP contribution in [0.25, 0.3) is 0 Å². The molecule has 3 nitrogen and oxygen atoms in total. The first-order valence-electron chi connectivity index (χ1n) is 6.49. The van der Waals surface area contributed by atoms with E-state index in [1.807, 2.05) is 0 Å². The lowest BCUT2D eigenvalue weighted by Crippen LogP contribution is -2.42. The molecule has 0 saturated carbocycles. The van der Waals surface area contributed by atoms with Crippen LogP contribution >= 0.6 is 11.6 Å². The molecule has 1 heterocycles. The van der Waals surface area contributed by atoms with Crippen molar-refractivity contribution in [1.82, 2.24) is 4.90 Å². The minimum Gasteiger partial charge on any atom is -0.299 e. The quantitative estimate of drug-likeness (QED) is 0.701. The fourth-order valence-electron chi connectivity index (χ4n) is 2.29. The highest BCUT2D eigenvalue weighted by molar-refractivity contribution is 7.92. The second kappa shape index (κ2) is 6.95. The molecule has 0 aromatic heterocycles. The lowest BCUT2D eigenvalue weighted by atomic mass is 10.0. The van der Waals surface area contributed by atoms with Gasteiger partial charge < -0.3 is 0 Å². The monoisotopic (exact) mass is 281 g/mol. The first kappa shape index (κ1) is 15.3. The summed E-state index contributed by atoms with van der Waals surface area (Å²) in [5.74, 6) is 0.946. The highest BCUT2D eigenvalue weighted by atomic mass is 35.5. The van der Waals surface area contributed by atoms with Crippen LogP contribution in [0, 0.1) is 0 Å². The van der Waals surface area contributed by atoms with E-state index in [0.717, 1.165) is 19.4 Å². The number of piperidine rings is 1. The Morgan fingerprint density at radius 3 is 2.65 bits per heavy atom. The molecule has 0 aromatic rings. The molecule has 1 atom stereocenters. The summed E-state index contributed by atoms with van der Waals surface area (Å²) in [4.78, 5) is 2.31. The van der Waals surface area contributed by atoms with E-state index in [4.69, 9.17) is 11.6 Å². The fraction of sp³-hybridized carbons (Fsp3) is 1.00. The molecule has 1 aliphatic rings. The Morgan fingerprint density at radius 2 is 2.06 bits per heavy atom. The van der Waals surface area contributed by atoms with Gasteiger partial charge in [0.1, 0.15) is 0 Å². The van der Waals surface area contributed by atoms with Crippen LogP contribution in [0.1, 0.15) is 39.5 Å². The van der Waals surface area contributed by atoms with Crippen LogP contribution in [-0.4, -0.2) is 49.3 Å². The Labute approximate surface area is 110 Å². The molecule has 0 radical (unpaired) electrons. The zero-order chi connectivity index (χ0) is 12.9. The maximum absolute atomic E-state index is 11.8. The molecule has 0 spiro atoms. The summed E-state index contributed by atoms with van der Waals surface area (Å²) in [6, 6.07) is 0.489. The topological polar surface area (TPSA) is 37.4 Å². The van der Waals surface area contributed by atoms with Crippen LogP contribution in [0.3, 0.4) is 0 Å². The van der Waals surface area contributed by atoms with Crippen LogP contribution in [0.5, 0.6) is 0 Å². The van der Waals surface area contributed by atoms with Gasteiger partial charge in [-0.3, -0.25) is 4.90 Å². The average molecular weight is 282 g/mol. The normalized spacial score (nSPS) is 23.2. The van der Waals surface area contributed by atoms with Crippen LogP contribution in [-0.2, 0) is 9.84 Å². The number of sulfone groups is 1. The van der Waals surface area contributed by atoms with Crippen LogP contribution in [0.15, 0.2) is 0 Å². The molecule has 0 bridgehead atoms. The Bertz CT molecular complexity index is 314. The minimum atomic E-state index is -2.91. The molecule has 1 aliphatic heterocycles. The Balaban J connectivity index is 2.48. The summed E-state index contributed by atoms with van der Waals surface area (Å²) in [6.07, 6.45) is 4.56. The average Bonchev–Trinajstić information content (AvgIpc) is 2.28. The highest BCUT2D eigenvalue weighted by Crippen LogP contribution is 2.20. The van der Waals surface area contributed by atoms with E-state index >= 15 is 0 Å². The largest absolute Gasteiger partial charge is 0.299 e. The predicted octanol–water partition coefficient (Wildman–Crippen LogP) is 2.29. The van der Waals surface area contributed by atoms with Crippen molar-refractivity contribution in [2.75, 3.05) is 24.7 Å². The number of likely N-dealkylation sites (tertiary alicyclic amines) is 1. The van der Waals surface area contributed by atoms with E-state index in [-0.39, 0.29) is 11.0 Å². The third kappa shape index (κ3) is 4.76. The Kier molecular flexibility index (Phi) is 6.24. The van der Waals surface area contributed by atoms with E-state index in [0.29, 0.717) is 18.5 Å². The molecule has 5 heteroatoms. The fourth-order valence-corrected chi connectivity index (χ4v) is 3.50. The maximum atomic E-state index is 11.8. The van der Waals surface area contributed by atoms with Gasteiger partial charge in [-0.15, -0.1) is 11.6 Å². The SMILES string of the molecule is CC(C)S(=O)(=O)CCN1CCCCC1CCCl.